The number of hydrogen-bond donors (Lipinski definition) is 3. The summed E-state index contributed by atoms with van der Waals surface area (Å²) in [6.07, 6.45) is 7.87. The van der Waals surface area contributed by atoms with Gasteiger partial charge in [-0.2, -0.15) is 8.42 Å². The summed E-state index contributed by atoms with van der Waals surface area (Å²) in [6, 6.07) is 2.01. The molecule has 2 fully saturated rings. The van der Waals surface area contributed by atoms with Crippen molar-refractivity contribution < 1.29 is 17.8 Å². The Morgan fingerprint density at radius 3 is 2.80 bits per heavy atom. The van der Waals surface area contributed by atoms with Crippen LogP contribution in [-0.2, 0) is 21.3 Å². The molecule has 30 heavy (non-hydrogen) atoms. The molecule has 4 N–H and O–H groups in total. The zero-order chi connectivity index (χ0) is 21.3. The fourth-order valence-corrected chi connectivity index (χ4v) is 7.69. The zero-order valence-corrected chi connectivity index (χ0v) is 17.9. The fraction of sp³-hybridized carbons (Fsp3) is 0.619. The number of nitrogens with two attached hydrogens (primary N) is 1. The predicted octanol–water partition coefficient (Wildman–Crippen LogP) is 2.40. The third kappa shape index (κ3) is 2.51. The molecule has 3 heterocycles. The van der Waals surface area contributed by atoms with Crippen LogP contribution in [0.3, 0.4) is 0 Å². The van der Waals surface area contributed by atoms with E-state index in [0.717, 1.165) is 42.5 Å². The first kappa shape index (κ1) is 19.8. The number of carbonyl (C=O) groups excluding carboxylic acids is 1. The van der Waals surface area contributed by atoms with Gasteiger partial charge in [-0.25, -0.2) is 4.98 Å². The third-order valence-corrected chi connectivity index (χ3v) is 9.73. The Morgan fingerprint density at radius 2 is 2.17 bits per heavy atom. The number of aromatic nitrogens is 2. The third-order valence-electron chi connectivity index (χ3n) is 7.95. The molecule has 0 radical (unpaired) electrons. The largest absolute Gasteiger partial charge is 0.369 e. The molecule has 2 aliphatic carbocycles. The molecular formula is C21H28N4O4S. The van der Waals surface area contributed by atoms with E-state index in [0.29, 0.717) is 25.7 Å². The normalized spacial score (nSPS) is 30.4. The van der Waals surface area contributed by atoms with Gasteiger partial charge in [0.15, 0.2) is 0 Å². The van der Waals surface area contributed by atoms with E-state index >= 15 is 0 Å². The Morgan fingerprint density at radius 1 is 1.40 bits per heavy atom. The summed E-state index contributed by atoms with van der Waals surface area (Å²) in [5.41, 5.74) is 7.79. The molecule has 0 bridgehead atoms. The predicted molar refractivity (Wildman–Crippen MR) is 114 cm³/mol. The molecule has 3 atom stereocenters. The molecule has 9 heteroatoms. The van der Waals surface area contributed by atoms with Crippen molar-refractivity contribution in [3.63, 3.8) is 0 Å². The van der Waals surface area contributed by atoms with Crippen LogP contribution in [0.4, 0.5) is 5.69 Å². The highest BCUT2D eigenvalue weighted by Gasteiger charge is 2.73. The summed E-state index contributed by atoms with van der Waals surface area (Å²) in [5.74, 6) is -0.484. The van der Waals surface area contributed by atoms with Crippen LogP contribution in [0.2, 0.25) is 0 Å². The van der Waals surface area contributed by atoms with Crippen LogP contribution in [0.25, 0.3) is 11.0 Å². The molecule has 3 aliphatic rings. The van der Waals surface area contributed by atoms with Gasteiger partial charge < -0.3 is 15.6 Å². The Labute approximate surface area is 176 Å². The number of H-pyrrole nitrogens is 1. The lowest BCUT2D eigenvalue weighted by atomic mass is 9.78. The van der Waals surface area contributed by atoms with Gasteiger partial charge in [-0.1, -0.05) is 13.3 Å². The molecular weight excluding hydrogens is 404 g/mol. The molecule has 2 aromatic heterocycles. The van der Waals surface area contributed by atoms with Crippen LogP contribution in [0, 0.1) is 11.3 Å². The van der Waals surface area contributed by atoms with Gasteiger partial charge in [0, 0.05) is 30.4 Å². The number of nitrogens with one attached hydrogen (secondary N) is 1. The van der Waals surface area contributed by atoms with Gasteiger partial charge in [0.2, 0.25) is 5.91 Å². The number of nitrogens with zero attached hydrogens (tertiary/aromatic N) is 2. The van der Waals surface area contributed by atoms with Crippen LogP contribution in [0.1, 0.15) is 51.0 Å². The second-order valence-corrected chi connectivity index (χ2v) is 11.0. The van der Waals surface area contributed by atoms with E-state index in [2.05, 4.69) is 21.8 Å². The average molecular weight is 433 g/mol. The molecule has 0 unspecified atom stereocenters. The Hall–Kier alpha value is -2.13. The van der Waals surface area contributed by atoms with Crippen molar-refractivity contribution in [1.29, 1.82) is 0 Å². The van der Waals surface area contributed by atoms with Crippen molar-refractivity contribution in [2.75, 3.05) is 11.4 Å². The van der Waals surface area contributed by atoms with Crippen molar-refractivity contribution in [2.45, 2.75) is 62.7 Å². The van der Waals surface area contributed by atoms with Gasteiger partial charge in [-0.15, -0.1) is 0 Å². The topological polar surface area (TPSA) is 129 Å². The lowest BCUT2D eigenvalue weighted by Crippen LogP contribution is -2.51. The lowest BCUT2D eigenvalue weighted by Gasteiger charge is -2.40. The number of pyridine rings is 1. The number of fused-ring (bicyclic) bond motifs is 3. The van der Waals surface area contributed by atoms with Crippen LogP contribution >= 0.6 is 0 Å². The van der Waals surface area contributed by atoms with Gasteiger partial charge in [-0.05, 0) is 56.1 Å². The Bertz CT molecular complexity index is 1120. The number of hydrogen-bond acceptors (Lipinski definition) is 5. The molecule has 0 aromatic carbocycles. The molecule has 2 aromatic rings. The molecule has 8 nitrogen and oxygen atoms in total. The maximum absolute atomic E-state index is 12.8. The minimum atomic E-state index is -4.38. The minimum Gasteiger partial charge on any atom is -0.369 e. The second-order valence-electron chi connectivity index (χ2n) is 9.23. The Kier molecular flexibility index (Phi) is 4.25. The van der Waals surface area contributed by atoms with Crippen LogP contribution < -0.4 is 10.6 Å². The van der Waals surface area contributed by atoms with E-state index in [9.17, 15) is 17.8 Å². The van der Waals surface area contributed by atoms with Crippen molar-refractivity contribution >= 4 is 32.7 Å². The van der Waals surface area contributed by atoms with Crippen molar-refractivity contribution in [3.8, 4) is 0 Å². The fourth-order valence-electron chi connectivity index (χ4n) is 6.31. The maximum Gasteiger partial charge on any atom is 0.271 e. The summed E-state index contributed by atoms with van der Waals surface area (Å²) in [7, 11) is -4.38. The number of rotatable bonds is 5. The van der Waals surface area contributed by atoms with Gasteiger partial charge in [0.25, 0.3) is 10.1 Å². The maximum atomic E-state index is 12.8. The number of amides is 1. The van der Waals surface area contributed by atoms with Crippen molar-refractivity contribution in [3.05, 3.63) is 24.0 Å². The van der Waals surface area contributed by atoms with Crippen molar-refractivity contribution in [1.82, 2.24) is 9.97 Å². The number of aromatic amines is 1. The first-order valence-corrected chi connectivity index (χ1v) is 12.2. The van der Waals surface area contributed by atoms with Gasteiger partial charge in [0.05, 0.1) is 11.1 Å². The summed E-state index contributed by atoms with van der Waals surface area (Å²) >= 11 is 0. The average Bonchev–Trinajstić information content (AvgIpc) is 3.24. The highest BCUT2D eigenvalue weighted by Crippen LogP contribution is 2.64. The number of anilines is 1. The van der Waals surface area contributed by atoms with Gasteiger partial charge in [0.1, 0.15) is 10.4 Å². The first-order chi connectivity index (χ1) is 14.2. The summed E-state index contributed by atoms with van der Waals surface area (Å²) < 4.78 is 33.3. The lowest BCUT2D eigenvalue weighted by molar-refractivity contribution is -0.128. The van der Waals surface area contributed by atoms with Crippen LogP contribution in [0.5, 0.6) is 0 Å². The van der Waals surface area contributed by atoms with Crippen LogP contribution in [-0.4, -0.2) is 46.2 Å². The molecule has 1 amide bonds. The monoisotopic (exact) mass is 432 g/mol. The van der Waals surface area contributed by atoms with Gasteiger partial charge in [-0.3, -0.25) is 9.35 Å². The van der Waals surface area contributed by atoms with E-state index < -0.39 is 26.2 Å². The Balaban J connectivity index is 1.62. The molecule has 2 saturated carbocycles. The highest BCUT2D eigenvalue weighted by atomic mass is 32.2. The minimum absolute atomic E-state index is 0.0127. The van der Waals surface area contributed by atoms with E-state index in [1.54, 1.807) is 0 Å². The SMILES string of the molecule is CC[C@@H]1C[C@](C(N)=O)(C2(S(=O)(=O)O)CC2)C[C@@H]1N1CCCc2cnc3[nH]ccc3c21. The van der Waals surface area contributed by atoms with Crippen molar-refractivity contribution in [2.24, 2.45) is 17.1 Å². The molecule has 0 spiro atoms. The summed E-state index contributed by atoms with van der Waals surface area (Å²) in [6.45, 7) is 2.91. The highest BCUT2D eigenvalue weighted by molar-refractivity contribution is 7.87. The molecule has 1 aliphatic heterocycles. The summed E-state index contributed by atoms with van der Waals surface area (Å²) in [4.78, 5) is 22.8. The molecule has 5 rings (SSSR count). The van der Waals surface area contributed by atoms with E-state index in [1.807, 2.05) is 18.5 Å². The van der Waals surface area contributed by atoms with E-state index in [-0.39, 0.29) is 12.0 Å². The second kappa shape index (κ2) is 6.43. The smallest absolute Gasteiger partial charge is 0.271 e. The first-order valence-electron chi connectivity index (χ1n) is 10.7. The summed E-state index contributed by atoms with van der Waals surface area (Å²) in [5, 5.41) is 1.05. The number of carbonyl (C=O) groups is 1. The van der Waals surface area contributed by atoms with E-state index in [4.69, 9.17) is 5.73 Å². The number of aryl methyl sites for hydroxylation is 1. The standard InChI is InChI=1S/C21H28N4O4S/c1-2-13-10-20(19(22)26,21(6-7-21)30(27,28)29)11-16(13)25-9-3-4-14-12-24-18-15(17(14)25)5-8-23-18/h5,8,12-13,16H,2-4,6-7,9-11H2,1H3,(H2,22,26)(H,23,24)(H,27,28,29)/t13-,16+,20+/m1/s1. The zero-order valence-electron chi connectivity index (χ0n) is 17.1. The van der Waals surface area contributed by atoms with Crippen LogP contribution in [0.15, 0.2) is 18.5 Å². The number of primary amides is 1. The molecule has 0 saturated heterocycles. The quantitative estimate of drug-likeness (QED) is 0.622. The van der Waals surface area contributed by atoms with Gasteiger partial charge >= 0.3 is 0 Å². The molecule has 162 valence electrons. The van der Waals surface area contributed by atoms with E-state index in [1.165, 1.54) is 5.56 Å².